The highest BCUT2D eigenvalue weighted by Crippen LogP contribution is 2.29. The number of halogens is 1. The van der Waals surface area contributed by atoms with Crippen molar-refractivity contribution in [1.82, 2.24) is 29.7 Å². The third-order valence-electron chi connectivity index (χ3n) is 4.68. The number of pyridine rings is 1. The van der Waals surface area contributed by atoms with E-state index in [1.54, 1.807) is 46.9 Å². The molecule has 0 aliphatic rings. The van der Waals surface area contributed by atoms with E-state index < -0.39 is 6.29 Å². The first-order chi connectivity index (χ1) is 16.0. The van der Waals surface area contributed by atoms with E-state index >= 15 is 0 Å². The first-order valence-electron chi connectivity index (χ1n) is 9.92. The van der Waals surface area contributed by atoms with Gasteiger partial charge in [0.2, 0.25) is 11.8 Å². The SMILES string of the molecule is COc1cccc(-c2nnc(NSC(C)C(OC)c3ncc(Cl)cn3)n2CC(OC)OC)n1. The molecule has 0 aliphatic carbocycles. The molecule has 0 amide bonds. The number of ether oxygens (including phenoxy) is 4. The molecule has 3 rings (SSSR count). The predicted octanol–water partition coefficient (Wildman–Crippen LogP) is 3.25. The van der Waals surface area contributed by atoms with E-state index in [9.17, 15) is 0 Å². The summed E-state index contributed by atoms with van der Waals surface area (Å²) in [6, 6.07) is 5.43. The van der Waals surface area contributed by atoms with Crippen LogP contribution in [-0.2, 0) is 20.8 Å². The van der Waals surface area contributed by atoms with Gasteiger partial charge in [-0.25, -0.2) is 15.0 Å². The molecular weight excluding hydrogens is 470 g/mol. The fourth-order valence-corrected chi connectivity index (χ4v) is 3.87. The second kappa shape index (κ2) is 12.1. The summed E-state index contributed by atoms with van der Waals surface area (Å²) in [6.45, 7) is 2.32. The molecule has 33 heavy (non-hydrogen) atoms. The van der Waals surface area contributed by atoms with E-state index in [4.69, 9.17) is 30.5 Å². The quantitative estimate of drug-likeness (QED) is 0.294. The number of rotatable bonds is 12. The Hall–Kier alpha value is -2.51. The van der Waals surface area contributed by atoms with Crippen molar-refractivity contribution in [2.75, 3.05) is 33.2 Å². The number of aromatic nitrogens is 6. The number of hydrogen-bond acceptors (Lipinski definition) is 11. The van der Waals surface area contributed by atoms with Gasteiger partial charge in [0.15, 0.2) is 17.9 Å². The van der Waals surface area contributed by atoms with Crippen molar-refractivity contribution in [2.45, 2.75) is 31.1 Å². The van der Waals surface area contributed by atoms with Crippen LogP contribution in [0.1, 0.15) is 18.9 Å². The summed E-state index contributed by atoms with van der Waals surface area (Å²) < 4.78 is 26.7. The van der Waals surface area contributed by atoms with Crippen molar-refractivity contribution in [1.29, 1.82) is 0 Å². The van der Waals surface area contributed by atoms with Gasteiger partial charge < -0.3 is 18.9 Å². The van der Waals surface area contributed by atoms with Crippen LogP contribution >= 0.6 is 23.5 Å². The molecule has 2 unspecified atom stereocenters. The molecule has 3 aromatic rings. The van der Waals surface area contributed by atoms with Crippen LogP contribution in [0, 0.1) is 0 Å². The maximum absolute atomic E-state index is 5.90. The lowest BCUT2D eigenvalue weighted by Crippen LogP contribution is -2.23. The molecule has 0 saturated heterocycles. The minimum atomic E-state index is -0.512. The summed E-state index contributed by atoms with van der Waals surface area (Å²) in [5.41, 5.74) is 0.600. The molecule has 0 saturated carbocycles. The second-order valence-electron chi connectivity index (χ2n) is 6.76. The smallest absolute Gasteiger partial charge is 0.235 e. The van der Waals surface area contributed by atoms with Crippen LogP contribution in [0.2, 0.25) is 5.02 Å². The van der Waals surface area contributed by atoms with Crippen LogP contribution in [-0.4, -0.2) is 69.7 Å². The monoisotopic (exact) mass is 495 g/mol. The van der Waals surface area contributed by atoms with Gasteiger partial charge in [0.1, 0.15) is 11.8 Å². The summed E-state index contributed by atoms with van der Waals surface area (Å²) in [5, 5.41) is 9.02. The van der Waals surface area contributed by atoms with E-state index in [2.05, 4.69) is 29.9 Å². The number of anilines is 1. The van der Waals surface area contributed by atoms with E-state index in [-0.39, 0.29) is 11.4 Å². The molecule has 0 aromatic carbocycles. The summed E-state index contributed by atoms with van der Waals surface area (Å²) in [6.07, 6.45) is 2.20. The minimum absolute atomic E-state index is 0.0830. The van der Waals surface area contributed by atoms with Crippen LogP contribution in [0.25, 0.3) is 11.5 Å². The van der Waals surface area contributed by atoms with Gasteiger partial charge in [0.25, 0.3) is 0 Å². The van der Waals surface area contributed by atoms with Crippen molar-refractivity contribution < 1.29 is 18.9 Å². The average Bonchev–Trinajstić information content (AvgIpc) is 3.25. The highest BCUT2D eigenvalue weighted by Gasteiger charge is 2.25. The van der Waals surface area contributed by atoms with Crippen molar-refractivity contribution in [3.8, 4) is 17.4 Å². The first-order valence-corrected chi connectivity index (χ1v) is 11.2. The number of methoxy groups -OCH3 is 4. The Kier molecular flexibility index (Phi) is 9.21. The lowest BCUT2D eigenvalue weighted by molar-refractivity contribution is -0.110. The Morgan fingerprint density at radius 3 is 2.42 bits per heavy atom. The Labute approximate surface area is 201 Å². The zero-order chi connectivity index (χ0) is 23.8. The molecule has 13 heteroatoms. The predicted molar refractivity (Wildman–Crippen MR) is 125 cm³/mol. The third-order valence-corrected chi connectivity index (χ3v) is 5.80. The second-order valence-corrected chi connectivity index (χ2v) is 8.38. The maximum Gasteiger partial charge on any atom is 0.235 e. The van der Waals surface area contributed by atoms with Crippen LogP contribution in [0.15, 0.2) is 30.6 Å². The Morgan fingerprint density at radius 1 is 1.06 bits per heavy atom. The van der Waals surface area contributed by atoms with Gasteiger partial charge in [-0.1, -0.05) is 17.7 Å². The molecule has 11 nitrogen and oxygen atoms in total. The molecule has 178 valence electrons. The van der Waals surface area contributed by atoms with Gasteiger partial charge in [-0.15, -0.1) is 10.2 Å². The fourth-order valence-electron chi connectivity index (χ4n) is 2.97. The van der Waals surface area contributed by atoms with Crippen LogP contribution in [0.4, 0.5) is 5.95 Å². The number of nitrogens with zero attached hydrogens (tertiary/aromatic N) is 6. The maximum atomic E-state index is 5.90. The Bertz CT molecular complexity index is 1020. The van der Waals surface area contributed by atoms with E-state index in [1.165, 1.54) is 11.9 Å². The van der Waals surface area contributed by atoms with Crippen LogP contribution < -0.4 is 9.46 Å². The van der Waals surface area contributed by atoms with Gasteiger partial charge in [-0.05, 0) is 24.9 Å². The molecule has 0 bridgehead atoms. The van der Waals surface area contributed by atoms with Crippen molar-refractivity contribution in [3.05, 3.63) is 41.4 Å². The standard InChI is InChI=1S/C20H26ClN7O4S/c1-12(17(32-5)18-22-9-13(21)10-23-18)33-27-20-26-25-19(28(20)11-16(30-3)31-4)14-7-6-8-15(24-14)29-2/h6-10,12,16-17H,11H2,1-5H3,(H,26,27). The largest absolute Gasteiger partial charge is 0.481 e. The lowest BCUT2D eigenvalue weighted by Gasteiger charge is -2.22. The molecule has 3 heterocycles. The number of nitrogens with one attached hydrogen (secondary N) is 1. The summed E-state index contributed by atoms with van der Waals surface area (Å²) in [7, 11) is 6.31. The highest BCUT2D eigenvalue weighted by atomic mass is 35.5. The van der Waals surface area contributed by atoms with Gasteiger partial charge in [0, 0.05) is 39.8 Å². The van der Waals surface area contributed by atoms with E-state index in [1.807, 2.05) is 23.6 Å². The summed E-state index contributed by atoms with van der Waals surface area (Å²) >= 11 is 7.30. The molecule has 0 spiro atoms. The average molecular weight is 496 g/mol. The Balaban J connectivity index is 1.84. The minimum Gasteiger partial charge on any atom is -0.481 e. The molecule has 3 aromatic heterocycles. The van der Waals surface area contributed by atoms with Gasteiger partial charge >= 0.3 is 0 Å². The van der Waals surface area contributed by atoms with Crippen molar-refractivity contribution >= 4 is 29.5 Å². The topological polar surface area (TPSA) is 118 Å². The van der Waals surface area contributed by atoms with E-state index in [0.29, 0.717) is 40.7 Å². The van der Waals surface area contributed by atoms with Crippen molar-refractivity contribution in [3.63, 3.8) is 0 Å². The third kappa shape index (κ3) is 6.30. The molecule has 0 fully saturated rings. The van der Waals surface area contributed by atoms with Crippen LogP contribution in [0.3, 0.4) is 0 Å². The zero-order valence-corrected chi connectivity index (χ0v) is 20.5. The first kappa shape index (κ1) is 25.1. The van der Waals surface area contributed by atoms with Crippen LogP contribution in [0.5, 0.6) is 5.88 Å². The molecule has 0 aliphatic heterocycles. The fraction of sp³-hybridized carbons (Fsp3) is 0.450. The molecule has 1 N–H and O–H groups in total. The van der Waals surface area contributed by atoms with Gasteiger partial charge in [-0.3, -0.25) is 9.29 Å². The highest BCUT2D eigenvalue weighted by molar-refractivity contribution is 8.01. The molecule has 2 atom stereocenters. The zero-order valence-electron chi connectivity index (χ0n) is 18.9. The lowest BCUT2D eigenvalue weighted by atomic mass is 10.2. The van der Waals surface area contributed by atoms with Crippen molar-refractivity contribution in [2.24, 2.45) is 0 Å². The summed E-state index contributed by atoms with van der Waals surface area (Å²) in [4.78, 5) is 13.0. The molecule has 0 radical (unpaired) electrons. The van der Waals surface area contributed by atoms with Gasteiger partial charge in [-0.2, -0.15) is 0 Å². The number of hydrogen-bond donors (Lipinski definition) is 1. The molecular formula is C20H26ClN7O4S. The van der Waals surface area contributed by atoms with E-state index in [0.717, 1.165) is 0 Å². The normalized spacial score (nSPS) is 13.2. The summed E-state index contributed by atoms with van der Waals surface area (Å²) in [5.74, 6) is 2.04. The van der Waals surface area contributed by atoms with Gasteiger partial charge in [0.05, 0.1) is 23.9 Å². The Morgan fingerprint density at radius 2 is 1.79 bits per heavy atom.